The molecule has 0 aliphatic rings. The van der Waals surface area contributed by atoms with Crippen LogP contribution in [0.15, 0.2) is 24.3 Å². The standard InChI is InChI=1S/C12H18FNO/c1-3-8(2)12(15)11(14)9-4-6-10(13)7-5-9/h4-8,11-12,15H,3,14H2,1-2H3/t8?,11-,12+/m1/s1. The SMILES string of the molecule is CCC(C)[C@H](O)[C@H](N)c1ccc(F)cc1. The van der Waals surface area contributed by atoms with Crippen molar-refractivity contribution in [2.45, 2.75) is 32.4 Å². The van der Waals surface area contributed by atoms with E-state index in [0.717, 1.165) is 12.0 Å². The van der Waals surface area contributed by atoms with E-state index in [1.165, 1.54) is 12.1 Å². The molecule has 1 unspecified atom stereocenters. The highest BCUT2D eigenvalue weighted by Crippen LogP contribution is 2.21. The molecule has 15 heavy (non-hydrogen) atoms. The molecule has 3 heteroatoms. The van der Waals surface area contributed by atoms with Crippen molar-refractivity contribution < 1.29 is 9.50 Å². The second-order valence-electron chi connectivity index (χ2n) is 3.95. The first-order valence-corrected chi connectivity index (χ1v) is 5.25. The van der Waals surface area contributed by atoms with Gasteiger partial charge in [-0.25, -0.2) is 4.39 Å². The maximum atomic E-state index is 12.7. The molecule has 0 bridgehead atoms. The third kappa shape index (κ3) is 3.01. The Morgan fingerprint density at radius 3 is 2.33 bits per heavy atom. The van der Waals surface area contributed by atoms with Crippen LogP contribution in [0, 0.1) is 11.7 Å². The van der Waals surface area contributed by atoms with E-state index < -0.39 is 12.1 Å². The fourth-order valence-corrected chi connectivity index (χ4v) is 1.48. The fourth-order valence-electron chi connectivity index (χ4n) is 1.48. The van der Waals surface area contributed by atoms with Gasteiger partial charge in [0.05, 0.1) is 12.1 Å². The molecule has 0 aromatic heterocycles. The van der Waals surface area contributed by atoms with Crippen LogP contribution in [0.1, 0.15) is 31.9 Å². The van der Waals surface area contributed by atoms with Crippen molar-refractivity contribution in [3.63, 3.8) is 0 Å². The van der Waals surface area contributed by atoms with Crippen molar-refractivity contribution in [3.05, 3.63) is 35.6 Å². The van der Waals surface area contributed by atoms with Crippen LogP contribution in [0.25, 0.3) is 0 Å². The Hall–Kier alpha value is -0.930. The summed E-state index contributed by atoms with van der Waals surface area (Å²) < 4.78 is 12.7. The Balaban J connectivity index is 2.75. The normalized spacial score (nSPS) is 17.1. The number of hydrogen-bond donors (Lipinski definition) is 2. The monoisotopic (exact) mass is 211 g/mol. The van der Waals surface area contributed by atoms with Crippen LogP contribution < -0.4 is 5.73 Å². The summed E-state index contributed by atoms with van der Waals surface area (Å²) in [5, 5.41) is 9.89. The molecule has 3 N–H and O–H groups in total. The molecule has 0 heterocycles. The first kappa shape index (κ1) is 12.1. The molecule has 1 rings (SSSR count). The van der Waals surface area contributed by atoms with Crippen molar-refractivity contribution in [2.75, 3.05) is 0 Å². The third-order valence-electron chi connectivity index (χ3n) is 2.85. The van der Waals surface area contributed by atoms with Crippen LogP contribution in [0.2, 0.25) is 0 Å². The van der Waals surface area contributed by atoms with Crippen molar-refractivity contribution in [2.24, 2.45) is 11.7 Å². The second kappa shape index (κ2) is 5.24. The minimum atomic E-state index is -0.583. The average molecular weight is 211 g/mol. The Bertz CT molecular complexity index is 299. The molecule has 0 aliphatic heterocycles. The smallest absolute Gasteiger partial charge is 0.123 e. The maximum Gasteiger partial charge on any atom is 0.123 e. The van der Waals surface area contributed by atoms with Gasteiger partial charge in [0.1, 0.15) is 5.82 Å². The lowest BCUT2D eigenvalue weighted by molar-refractivity contribution is 0.0879. The van der Waals surface area contributed by atoms with E-state index in [0.29, 0.717) is 0 Å². The molecule has 0 saturated carbocycles. The lowest BCUT2D eigenvalue weighted by Crippen LogP contribution is -2.31. The van der Waals surface area contributed by atoms with Gasteiger partial charge in [0.25, 0.3) is 0 Å². The summed E-state index contributed by atoms with van der Waals surface area (Å²) in [7, 11) is 0. The highest BCUT2D eigenvalue weighted by atomic mass is 19.1. The van der Waals surface area contributed by atoms with E-state index in [1.807, 2.05) is 13.8 Å². The molecule has 0 spiro atoms. The zero-order chi connectivity index (χ0) is 11.4. The van der Waals surface area contributed by atoms with E-state index in [9.17, 15) is 9.50 Å². The molecule has 0 radical (unpaired) electrons. The second-order valence-corrected chi connectivity index (χ2v) is 3.95. The Labute approximate surface area is 89.9 Å². The Morgan fingerprint density at radius 1 is 1.33 bits per heavy atom. The van der Waals surface area contributed by atoms with Crippen LogP contribution in [0.4, 0.5) is 4.39 Å². The summed E-state index contributed by atoms with van der Waals surface area (Å²) in [5.74, 6) is -0.144. The van der Waals surface area contributed by atoms with Crippen molar-refractivity contribution in [1.82, 2.24) is 0 Å². The fraction of sp³-hybridized carbons (Fsp3) is 0.500. The predicted octanol–water partition coefficient (Wildman–Crippen LogP) is 2.23. The van der Waals surface area contributed by atoms with Gasteiger partial charge in [0.15, 0.2) is 0 Å². The first-order chi connectivity index (χ1) is 7.06. The molecule has 3 atom stereocenters. The van der Waals surface area contributed by atoms with Gasteiger partial charge in [-0.2, -0.15) is 0 Å². The molecule has 0 aliphatic carbocycles. The average Bonchev–Trinajstić information content (AvgIpc) is 2.27. The number of aliphatic hydroxyl groups is 1. The van der Waals surface area contributed by atoms with Gasteiger partial charge in [-0.15, -0.1) is 0 Å². The molecule has 1 aromatic rings. The molecule has 2 nitrogen and oxygen atoms in total. The molecular weight excluding hydrogens is 193 g/mol. The van der Waals surface area contributed by atoms with Crippen LogP contribution >= 0.6 is 0 Å². The Morgan fingerprint density at radius 2 is 1.87 bits per heavy atom. The number of aliphatic hydroxyl groups excluding tert-OH is 1. The molecular formula is C12H18FNO. The largest absolute Gasteiger partial charge is 0.391 e. The zero-order valence-corrected chi connectivity index (χ0v) is 9.15. The quantitative estimate of drug-likeness (QED) is 0.802. The van der Waals surface area contributed by atoms with Crippen LogP contribution in [0.3, 0.4) is 0 Å². The third-order valence-corrected chi connectivity index (χ3v) is 2.85. The molecule has 1 aromatic carbocycles. The van der Waals surface area contributed by atoms with E-state index >= 15 is 0 Å². The minimum absolute atomic E-state index is 0.144. The van der Waals surface area contributed by atoms with Crippen LogP contribution in [0.5, 0.6) is 0 Å². The van der Waals surface area contributed by atoms with Gasteiger partial charge in [0.2, 0.25) is 0 Å². The van der Waals surface area contributed by atoms with Gasteiger partial charge in [-0.05, 0) is 23.6 Å². The number of halogens is 1. The summed E-state index contributed by atoms with van der Waals surface area (Å²) in [6, 6.07) is 5.51. The summed E-state index contributed by atoms with van der Waals surface area (Å²) in [6.07, 6.45) is 0.288. The summed E-state index contributed by atoms with van der Waals surface area (Å²) in [6.45, 7) is 3.96. The van der Waals surface area contributed by atoms with Crippen LogP contribution in [-0.2, 0) is 0 Å². The van der Waals surface area contributed by atoms with Gasteiger partial charge >= 0.3 is 0 Å². The molecule has 84 valence electrons. The first-order valence-electron chi connectivity index (χ1n) is 5.25. The number of rotatable bonds is 4. The van der Waals surface area contributed by atoms with Gasteiger partial charge in [-0.3, -0.25) is 0 Å². The Kier molecular flexibility index (Phi) is 4.24. The lowest BCUT2D eigenvalue weighted by atomic mass is 9.92. The van der Waals surface area contributed by atoms with Crippen molar-refractivity contribution in [1.29, 1.82) is 0 Å². The van der Waals surface area contributed by atoms with Crippen molar-refractivity contribution in [3.8, 4) is 0 Å². The maximum absolute atomic E-state index is 12.7. The number of benzene rings is 1. The summed E-state index contributed by atoms with van der Waals surface area (Å²) in [4.78, 5) is 0. The van der Waals surface area contributed by atoms with E-state index in [1.54, 1.807) is 12.1 Å². The highest BCUT2D eigenvalue weighted by Gasteiger charge is 2.21. The molecule has 0 fully saturated rings. The van der Waals surface area contributed by atoms with Gasteiger partial charge in [0, 0.05) is 0 Å². The lowest BCUT2D eigenvalue weighted by Gasteiger charge is -2.24. The van der Waals surface area contributed by atoms with Gasteiger partial charge < -0.3 is 10.8 Å². The molecule has 0 saturated heterocycles. The number of nitrogens with two attached hydrogens (primary N) is 1. The topological polar surface area (TPSA) is 46.2 Å². The van der Waals surface area contributed by atoms with Gasteiger partial charge in [-0.1, -0.05) is 32.4 Å². The van der Waals surface area contributed by atoms with E-state index in [2.05, 4.69) is 0 Å². The van der Waals surface area contributed by atoms with E-state index in [-0.39, 0.29) is 11.7 Å². The van der Waals surface area contributed by atoms with Crippen LogP contribution in [-0.4, -0.2) is 11.2 Å². The minimum Gasteiger partial charge on any atom is -0.391 e. The number of hydrogen-bond acceptors (Lipinski definition) is 2. The molecule has 0 amide bonds. The summed E-state index contributed by atoms with van der Waals surface area (Å²) >= 11 is 0. The van der Waals surface area contributed by atoms with E-state index in [4.69, 9.17) is 5.73 Å². The van der Waals surface area contributed by atoms with Crippen molar-refractivity contribution >= 4 is 0 Å². The predicted molar refractivity (Wildman–Crippen MR) is 58.8 cm³/mol. The zero-order valence-electron chi connectivity index (χ0n) is 9.15. The highest BCUT2D eigenvalue weighted by molar-refractivity contribution is 5.20. The summed E-state index contributed by atoms with van der Waals surface area (Å²) in [5.41, 5.74) is 6.66.